The van der Waals surface area contributed by atoms with Crippen molar-refractivity contribution in [2.75, 3.05) is 0 Å². The summed E-state index contributed by atoms with van der Waals surface area (Å²) in [5, 5.41) is 28.1. The molecule has 0 radical (unpaired) electrons. The second kappa shape index (κ2) is 9.58. The minimum absolute atomic E-state index is 0.0390. The van der Waals surface area contributed by atoms with Crippen molar-refractivity contribution in [3.63, 3.8) is 0 Å². The van der Waals surface area contributed by atoms with E-state index in [1.165, 1.54) is 36.4 Å². The Labute approximate surface area is 168 Å². The molecule has 0 aromatic heterocycles. The highest BCUT2D eigenvalue weighted by Crippen LogP contribution is 2.51. The van der Waals surface area contributed by atoms with E-state index in [4.69, 9.17) is 13.6 Å². The zero-order valence-electron chi connectivity index (χ0n) is 15.5. The molecule has 0 saturated carbocycles. The van der Waals surface area contributed by atoms with Crippen molar-refractivity contribution in [1.82, 2.24) is 0 Å². The maximum Gasteiger partial charge on any atom is 0.475 e. The van der Waals surface area contributed by atoms with Gasteiger partial charge in [-0.25, -0.2) is 4.57 Å². The molecule has 0 aliphatic heterocycles. The molecule has 0 saturated heterocycles. The molecule has 0 heterocycles. The topological polar surface area (TPSA) is 105 Å². The molecule has 0 aliphatic carbocycles. The molecule has 0 amide bonds. The first-order valence-corrected chi connectivity index (χ1v) is 10.3. The van der Waals surface area contributed by atoms with Crippen molar-refractivity contribution in [1.29, 1.82) is 0 Å². The monoisotopic (exact) mass is 416 g/mol. The van der Waals surface area contributed by atoms with Crippen molar-refractivity contribution in [3.05, 3.63) is 89.5 Å². The summed E-state index contributed by atoms with van der Waals surface area (Å²) in [6, 6.07) is 18.8. The first-order chi connectivity index (χ1) is 13.9. The lowest BCUT2D eigenvalue weighted by atomic mass is 10.2. The number of phenols is 3. The fourth-order valence-corrected chi connectivity index (χ4v) is 3.49. The van der Waals surface area contributed by atoms with Crippen LogP contribution in [-0.4, -0.2) is 15.3 Å². The number of hydrogen-bond acceptors (Lipinski definition) is 7. The van der Waals surface area contributed by atoms with E-state index in [1.807, 2.05) is 0 Å². The molecule has 152 valence electrons. The van der Waals surface area contributed by atoms with Gasteiger partial charge in [-0.15, -0.1) is 0 Å². The van der Waals surface area contributed by atoms with Crippen LogP contribution in [0.3, 0.4) is 0 Å². The zero-order valence-corrected chi connectivity index (χ0v) is 16.4. The van der Waals surface area contributed by atoms with E-state index in [0.717, 1.165) is 0 Å². The van der Waals surface area contributed by atoms with Gasteiger partial charge in [0.15, 0.2) is 0 Å². The average molecular weight is 416 g/mol. The highest BCUT2D eigenvalue weighted by Gasteiger charge is 2.27. The lowest BCUT2D eigenvalue weighted by molar-refractivity contribution is 0.0978. The van der Waals surface area contributed by atoms with E-state index in [1.54, 1.807) is 36.4 Å². The zero-order chi connectivity index (χ0) is 20.7. The van der Waals surface area contributed by atoms with Crippen LogP contribution < -0.4 is 0 Å². The normalized spacial score (nSPS) is 11.4. The Morgan fingerprint density at radius 1 is 0.517 bits per heavy atom. The molecule has 0 bridgehead atoms. The van der Waals surface area contributed by atoms with Gasteiger partial charge in [-0.05, 0) is 53.1 Å². The maximum atomic E-state index is 13.1. The molecule has 0 atom stereocenters. The molecular weight excluding hydrogens is 395 g/mol. The van der Waals surface area contributed by atoms with Gasteiger partial charge in [-0.2, -0.15) is 0 Å². The summed E-state index contributed by atoms with van der Waals surface area (Å²) in [4.78, 5) is 0. The molecule has 3 N–H and O–H groups in total. The summed E-state index contributed by atoms with van der Waals surface area (Å²) >= 11 is 0. The van der Waals surface area contributed by atoms with E-state index >= 15 is 0 Å². The lowest BCUT2D eigenvalue weighted by Crippen LogP contribution is -2.02. The predicted octanol–water partition coefficient (Wildman–Crippen LogP) is 4.86. The lowest BCUT2D eigenvalue weighted by Gasteiger charge is -2.18. The fourth-order valence-electron chi connectivity index (χ4n) is 2.35. The Hall–Kier alpha value is -2.83. The number of hydrogen-bond donors (Lipinski definition) is 3. The van der Waals surface area contributed by atoms with Crippen LogP contribution in [0.25, 0.3) is 0 Å². The van der Waals surface area contributed by atoms with E-state index in [0.29, 0.717) is 16.7 Å². The minimum atomic E-state index is -3.94. The van der Waals surface area contributed by atoms with Gasteiger partial charge in [-0.3, -0.25) is 13.6 Å². The number of aromatic hydroxyl groups is 3. The van der Waals surface area contributed by atoms with Crippen LogP contribution in [0.2, 0.25) is 0 Å². The SMILES string of the molecule is O=P(OCc1ccc(O)cc1)(OCc1ccc(O)cc1)OCc1ccc(O)cc1. The molecule has 0 spiro atoms. The molecule has 0 unspecified atom stereocenters. The van der Waals surface area contributed by atoms with Gasteiger partial charge >= 0.3 is 7.82 Å². The molecule has 3 rings (SSSR count). The van der Waals surface area contributed by atoms with Crippen LogP contribution in [0, 0.1) is 0 Å². The van der Waals surface area contributed by atoms with Crippen LogP contribution in [0.5, 0.6) is 17.2 Å². The van der Waals surface area contributed by atoms with E-state index in [-0.39, 0.29) is 37.1 Å². The van der Waals surface area contributed by atoms with Gasteiger partial charge in [-0.1, -0.05) is 36.4 Å². The molecule has 3 aromatic carbocycles. The van der Waals surface area contributed by atoms with Gasteiger partial charge in [0.05, 0.1) is 19.8 Å². The minimum Gasteiger partial charge on any atom is -0.508 e. The van der Waals surface area contributed by atoms with Crippen molar-refractivity contribution < 1.29 is 33.5 Å². The van der Waals surface area contributed by atoms with E-state index in [2.05, 4.69) is 0 Å². The van der Waals surface area contributed by atoms with Crippen molar-refractivity contribution >= 4 is 7.82 Å². The number of benzene rings is 3. The summed E-state index contributed by atoms with van der Waals surface area (Å²) in [6.45, 7) is -0.117. The van der Waals surface area contributed by atoms with Crippen LogP contribution in [0.4, 0.5) is 0 Å². The quantitative estimate of drug-likeness (QED) is 0.428. The third kappa shape index (κ3) is 6.62. The van der Waals surface area contributed by atoms with Gasteiger partial charge in [0.1, 0.15) is 17.2 Å². The van der Waals surface area contributed by atoms with Crippen LogP contribution >= 0.6 is 7.82 Å². The smallest absolute Gasteiger partial charge is 0.475 e. The van der Waals surface area contributed by atoms with Crippen molar-refractivity contribution in [2.45, 2.75) is 19.8 Å². The van der Waals surface area contributed by atoms with Crippen molar-refractivity contribution in [3.8, 4) is 17.2 Å². The molecule has 29 heavy (non-hydrogen) atoms. The first-order valence-electron chi connectivity index (χ1n) is 8.79. The summed E-state index contributed by atoms with van der Waals surface area (Å²) in [6.07, 6.45) is 0. The van der Waals surface area contributed by atoms with Crippen LogP contribution in [-0.2, 0) is 38.0 Å². The average Bonchev–Trinajstić information content (AvgIpc) is 2.73. The van der Waals surface area contributed by atoms with Crippen LogP contribution in [0.1, 0.15) is 16.7 Å². The van der Waals surface area contributed by atoms with E-state index < -0.39 is 7.82 Å². The standard InChI is InChI=1S/C21H21O7P/c22-19-7-1-16(2-8-19)13-26-29(25,27-14-17-3-9-20(23)10-4-17)28-15-18-5-11-21(24)12-6-18/h1-12,22-24H,13-15H2. The number of phosphoric ester groups is 1. The number of phenolic OH excluding ortho intramolecular Hbond substituents is 3. The molecule has 3 aromatic rings. The van der Waals surface area contributed by atoms with E-state index in [9.17, 15) is 19.9 Å². The second-order valence-electron chi connectivity index (χ2n) is 6.27. The Balaban J connectivity index is 1.67. The summed E-state index contributed by atoms with van der Waals surface area (Å²) in [5.41, 5.74) is 2.05. The summed E-state index contributed by atoms with van der Waals surface area (Å²) in [7, 11) is -3.94. The van der Waals surface area contributed by atoms with Crippen LogP contribution in [0.15, 0.2) is 72.8 Å². The summed E-state index contributed by atoms with van der Waals surface area (Å²) < 4.78 is 29.6. The second-order valence-corrected chi connectivity index (χ2v) is 7.94. The molecule has 0 aliphatic rings. The summed E-state index contributed by atoms with van der Waals surface area (Å²) in [5.74, 6) is 0.345. The Morgan fingerprint density at radius 2 is 0.759 bits per heavy atom. The highest BCUT2D eigenvalue weighted by molar-refractivity contribution is 7.48. The van der Waals surface area contributed by atoms with Gasteiger partial charge in [0.25, 0.3) is 0 Å². The van der Waals surface area contributed by atoms with Crippen molar-refractivity contribution in [2.24, 2.45) is 0 Å². The third-order valence-corrected chi connectivity index (χ3v) is 5.31. The molecule has 0 fully saturated rings. The van der Waals surface area contributed by atoms with Gasteiger partial charge in [0, 0.05) is 0 Å². The molecular formula is C21H21O7P. The largest absolute Gasteiger partial charge is 0.508 e. The number of phosphoric acid groups is 1. The predicted molar refractivity (Wildman–Crippen MR) is 106 cm³/mol. The Kier molecular flexibility index (Phi) is 6.90. The Bertz CT molecular complexity index is 827. The maximum absolute atomic E-state index is 13.1. The first kappa shape index (κ1) is 20.9. The van der Waals surface area contributed by atoms with Gasteiger partial charge < -0.3 is 15.3 Å². The highest BCUT2D eigenvalue weighted by atomic mass is 31.2. The molecule has 7 nitrogen and oxygen atoms in total. The number of rotatable bonds is 9. The van der Waals surface area contributed by atoms with Gasteiger partial charge in [0.2, 0.25) is 0 Å². The Morgan fingerprint density at radius 3 is 1.00 bits per heavy atom. The third-order valence-electron chi connectivity index (χ3n) is 3.98. The molecule has 8 heteroatoms. The fraction of sp³-hybridized carbons (Fsp3) is 0.143.